The number of benzene rings is 1. The van der Waals surface area contributed by atoms with Crippen LogP contribution < -0.4 is 4.90 Å². The first-order chi connectivity index (χ1) is 7.57. The third-order valence-electron chi connectivity index (χ3n) is 3.29. The van der Waals surface area contributed by atoms with Gasteiger partial charge in [0.25, 0.3) is 0 Å². The molecular weight excluding hydrogens is 194 g/mol. The molecule has 0 atom stereocenters. The molecule has 0 fully saturated rings. The van der Waals surface area contributed by atoms with E-state index in [-0.39, 0.29) is 0 Å². The second kappa shape index (κ2) is 4.32. The minimum atomic E-state index is 0.336. The maximum Gasteiger partial charge on any atom is 0.0369 e. The number of para-hydroxylation sites is 1. The second-order valence-corrected chi connectivity index (χ2v) is 5.51. The molecule has 86 valence electrons. The van der Waals surface area contributed by atoms with E-state index >= 15 is 0 Å². The first-order valence-corrected chi connectivity index (χ1v) is 6.07. The lowest BCUT2D eigenvalue weighted by molar-refractivity contribution is 0.472. The quantitative estimate of drug-likeness (QED) is 0.643. The molecule has 0 aliphatic carbocycles. The van der Waals surface area contributed by atoms with Gasteiger partial charge in [-0.25, -0.2) is 0 Å². The largest absolute Gasteiger partial charge is 0.367 e. The van der Waals surface area contributed by atoms with Gasteiger partial charge in [0, 0.05) is 18.8 Å². The molecule has 0 radical (unpaired) electrons. The van der Waals surface area contributed by atoms with Gasteiger partial charge in [0.05, 0.1) is 0 Å². The van der Waals surface area contributed by atoms with Crippen LogP contribution in [0.15, 0.2) is 42.0 Å². The molecule has 1 heteroatoms. The Bertz CT molecular complexity index is 370. The summed E-state index contributed by atoms with van der Waals surface area (Å²) in [5.41, 5.74) is 3.27. The van der Waals surface area contributed by atoms with E-state index in [9.17, 15) is 0 Å². The molecule has 0 saturated carbocycles. The van der Waals surface area contributed by atoms with Crippen LogP contribution in [0.2, 0.25) is 0 Å². The number of hydrogen-bond acceptors (Lipinski definition) is 1. The van der Waals surface area contributed by atoms with Crippen LogP contribution >= 0.6 is 0 Å². The number of hydrogen-bond donors (Lipinski definition) is 0. The minimum Gasteiger partial charge on any atom is -0.367 e. The Balaban J connectivity index is 2.08. The van der Waals surface area contributed by atoms with E-state index in [1.165, 1.54) is 12.1 Å². The Morgan fingerprint density at radius 3 is 2.25 bits per heavy atom. The van der Waals surface area contributed by atoms with Crippen LogP contribution in [-0.4, -0.2) is 13.1 Å². The number of rotatable bonds is 1. The van der Waals surface area contributed by atoms with E-state index in [2.05, 4.69) is 62.1 Å². The molecule has 1 heterocycles. The van der Waals surface area contributed by atoms with Crippen molar-refractivity contribution in [1.82, 2.24) is 0 Å². The van der Waals surface area contributed by atoms with E-state index in [0.29, 0.717) is 5.41 Å². The van der Waals surface area contributed by atoms with Crippen LogP contribution in [0.1, 0.15) is 27.2 Å². The lowest BCUT2D eigenvalue weighted by Crippen LogP contribution is -2.31. The second-order valence-electron chi connectivity index (χ2n) is 5.51. The molecule has 0 aromatic heterocycles. The predicted octanol–water partition coefficient (Wildman–Crippen LogP) is 3.87. The molecule has 1 aromatic rings. The van der Waals surface area contributed by atoms with E-state index < -0.39 is 0 Å². The molecule has 0 unspecified atom stereocenters. The zero-order valence-electron chi connectivity index (χ0n) is 10.5. The summed E-state index contributed by atoms with van der Waals surface area (Å²) in [7, 11) is 0. The molecule has 16 heavy (non-hydrogen) atoms. The average molecular weight is 215 g/mol. The summed E-state index contributed by atoms with van der Waals surface area (Å²) in [4.78, 5) is 2.44. The molecule has 0 spiro atoms. The summed E-state index contributed by atoms with van der Waals surface area (Å²) >= 11 is 0. The summed E-state index contributed by atoms with van der Waals surface area (Å²) in [6, 6.07) is 10.7. The first kappa shape index (κ1) is 11.3. The number of anilines is 1. The van der Waals surface area contributed by atoms with Crippen LogP contribution in [0.3, 0.4) is 0 Å². The Labute approximate surface area is 98.8 Å². The van der Waals surface area contributed by atoms with Crippen molar-refractivity contribution in [2.75, 3.05) is 18.0 Å². The Morgan fingerprint density at radius 1 is 1.06 bits per heavy atom. The molecule has 0 N–H and O–H groups in total. The summed E-state index contributed by atoms with van der Waals surface area (Å²) in [5.74, 6) is 0. The lowest BCUT2D eigenvalue weighted by Gasteiger charge is -2.33. The monoisotopic (exact) mass is 215 g/mol. The molecule has 0 saturated heterocycles. The van der Waals surface area contributed by atoms with Gasteiger partial charge < -0.3 is 4.90 Å². The molecular formula is C15H21N. The topological polar surface area (TPSA) is 3.24 Å². The van der Waals surface area contributed by atoms with Gasteiger partial charge in [-0.15, -0.1) is 0 Å². The SMILES string of the molecule is CC(C)(C)C1=CCN(c2ccccc2)CC1. The van der Waals surface area contributed by atoms with Crippen molar-refractivity contribution in [3.63, 3.8) is 0 Å². The molecule has 0 bridgehead atoms. The van der Waals surface area contributed by atoms with Crippen molar-refractivity contribution in [3.8, 4) is 0 Å². The van der Waals surface area contributed by atoms with Gasteiger partial charge in [-0.2, -0.15) is 0 Å². The van der Waals surface area contributed by atoms with Gasteiger partial charge in [0.2, 0.25) is 0 Å². The van der Waals surface area contributed by atoms with Gasteiger partial charge in [0.15, 0.2) is 0 Å². The molecule has 1 aliphatic rings. The third kappa shape index (κ3) is 2.46. The van der Waals surface area contributed by atoms with Crippen LogP contribution in [0.25, 0.3) is 0 Å². The summed E-state index contributed by atoms with van der Waals surface area (Å²) in [6.45, 7) is 9.11. The van der Waals surface area contributed by atoms with Crippen molar-refractivity contribution in [1.29, 1.82) is 0 Å². The van der Waals surface area contributed by atoms with Gasteiger partial charge >= 0.3 is 0 Å². The zero-order chi connectivity index (χ0) is 11.6. The zero-order valence-corrected chi connectivity index (χ0v) is 10.5. The average Bonchev–Trinajstić information content (AvgIpc) is 2.29. The van der Waals surface area contributed by atoms with Crippen molar-refractivity contribution in [3.05, 3.63) is 42.0 Å². The van der Waals surface area contributed by atoms with Crippen molar-refractivity contribution >= 4 is 5.69 Å². The highest BCUT2D eigenvalue weighted by atomic mass is 15.1. The van der Waals surface area contributed by atoms with Crippen molar-refractivity contribution in [2.45, 2.75) is 27.2 Å². The van der Waals surface area contributed by atoms with Gasteiger partial charge in [-0.05, 0) is 24.0 Å². The molecule has 1 aromatic carbocycles. The van der Waals surface area contributed by atoms with E-state index in [1.54, 1.807) is 5.57 Å². The fourth-order valence-electron chi connectivity index (χ4n) is 2.22. The van der Waals surface area contributed by atoms with Crippen LogP contribution in [0.5, 0.6) is 0 Å². The molecule has 0 amide bonds. The smallest absolute Gasteiger partial charge is 0.0369 e. The van der Waals surface area contributed by atoms with Crippen molar-refractivity contribution < 1.29 is 0 Å². The third-order valence-corrected chi connectivity index (χ3v) is 3.29. The molecule has 1 nitrogen and oxygen atoms in total. The highest BCUT2D eigenvalue weighted by Crippen LogP contribution is 2.31. The number of nitrogens with zero attached hydrogens (tertiary/aromatic N) is 1. The van der Waals surface area contributed by atoms with Crippen LogP contribution in [-0.2, 0) is 0 Å². The van der Waals surface area contributed by atoms with Gasteiger partial charge in [-0.1, -0.05) is 50.6 Å². The summed E-state index contributed by atoms with van der Waals surface area (Å²) in [5, 5.41) is 0. The van der Waals surface area contributed by atoms with E-state index in [0.717, 1.165) is 13.1 Å². The summed E-state index contributed by atoms with van der Waals surface area (Å²) < 4.78 is 0. The van der Waals surface area contributed by atoms with Crippen molar-refractivity contribution in [2.24, 2.45) is 5.41 Å². The normalized spacial score (nSPS) is 17.2. The highest BCUT2D eigenvalue weighted by Gasteiger charge is 2.21. The first-order valence-electron chi connectivity index (χ1n) is 6.07. The Morgan fingerprint density at radius 2 is 1.75 bits per heavy atom. The molecule has 1 aliphatic heterocycles. The highest BCUT2D eigenvalue weighted by molar-refractivity contribution is 5.48. The van der Waals surface area contributed by atoms with Gasteiger partial charge in [-0.3, -0.25) is 0 Å². The van der Waals surface area contributed by atoms with Crippen LogP contribution in [0, 0.1) is 5.41 Å². The Hall–Kier alpha value is -1.24. The van der Waals surface area contributed by atoms with E-state index in [1.807, 2.05) is 0 Å². The lowest BCUT2D eigenvalue weighted by atomic mass is 9.83. The fraction of sp³-hybridized carbons (Fsp3) is 0.467. The molecule has 2 rings (SSSR count). The maximum absolute atomic E-state index is 2.44. The fourth-order valence-corrected chi connectivity index (χ4v) is 2.22. The minimum absolute atomic E-state index is 0.336. The van der Waals surface area contributed by atoms with Gasteiger partial charge in [0.1, 0.15) is 0 Å². The van der Waals surface area contributed by atoms with E-state index in [4.69, 9.17) is 0 Å². The standard InChI is InChI=1S/C15H21N/c1-15(2,3)13-9-11-16(12-10-13)14-7-5-4-6-8-14/h4-9H,10-12H2,1-3H3. The Kier molecular flexibility index (Phi) is 3.04. The van der Waals surface area contributed by atoms with Crippen LogP contribution in [0.4, 0.5) is 5.69 Å². The summed E-state index contributed by atoms with van der Waals surface area (Å²) in [6.07, 6.45) is 3.59. The maximum atomic E-state index is 2.44. The predicted molar refractivity (Wildman–Crippen MR) is 70.8 cm³/mol.